The zero-order valence-electron chi connectivity index (χ0n) is 11.3. The third kappa shape index (κ3) is 3.11. The van der Waals surface area contributed by atoms with Crippen molar-refractivity contribution in [2.24, 2.45) is 0 Å². The molecule has 1 aromatic carbocycles. The van der Waals surface area contributed by atoms with Crippen LogP contribution in [0.25, 0.3) is 10.8 Å². The summed E-state index contributed by atoms with van der Waals surface area (Å²) in [5.41, 5.74) is -0.133. The average molecular weight is 391 g/mol. The van der Waals surface area contributed by atoms with Crippen molar-refractivity contribution in [3.63, 3.8) is 0 Å². The van der Waals surface area contributed by atoms with Crippen molar-refractivity contribution in [3.05, 3.63) is 37.1 Å². The number of hydrogen-bond donors (Lipinski definition) is 0. The van der Waals surface area contributed by atoms with E-state index in [1.165, 1.54) is 17.5 Å². The highest BCUT2D eigenvalue weighted by molar-refractivity contribution is 9.10. The first kappa shape index (κ1) is 15.3. The van der Waals surface area contributed by atoms with Crippen LogP contribution in [0.1, 0.15) is 12.8 Å². The van der Waals surface area contributed by atoms with Crippen molar-refractivity contribution < 1.29 is 0 Å². The second kappa shape index (κ2) is 6.24. The zero-order chi connectivity index (χ0) is 15.0. The molecule has 1 aliphatic heterocycles. The lowest BCUT2D eigenvalue weighted by Gasteiger charge is -2.15. The molecular formula is C14H14BrCl2N3O. The number of likely N-dealkylation sites (tertiary alicyclic amines) is 1. The molecule has 112 valence electrons. The third-order valence-electron chi connectivity index (χ3n) is 3.78. The minimum atomic E-state index is -0.133. The van der Waals surface area contributed by atoms with Gasteiger partial charge in [-0.2, -0.15) is 5.10 Å². The highest BCUT2D eigenvalue weighted by Gasteiger charge is 2.14. The first-order valence-corrected chi connectivity index (χ1v) is 8.39. The number of halogens is 3. The highest BCUT2D eigenvalue weighted by atomic mass is 79.9. The molecule has 7 heteroatoms. The number of hydrogen-bond acceptors (Lipinski definition) is 3. The van der Waals surface area contributed by atoms with Crippen molar-refractivity contribution in [1.82, 2.24) is 14.7 Å². The van der Waals surface area contributed by atoms with E-state index in [0.29, 0.717) is 32.0 Å². The highest BCUT2D eigenvalue weighted by Crippen LogP contribution is 2.29. The molecule has 2 aromatic rings. The van der Waals surface area contributed by atoms with Gasteiger partial charge in [0.05, 0.1) is 17.0 Å². The summed E-state index contributed by atoms with van der Waals surface area (Å²) in [5.74, 6) is 0. The van der Waals surface area contributed by atoms with Crippen molar-refractivity contribution in [1.29, 1.82) is 0 Å². The average Bonchev–Trinajstić information content (AvgIpc) is 2.97. The number of fused-ring (bicyclic) bond motifs is 1. The van der Waals surface area contributed by atoms with Gasteiger partial charge in [-0.3, -0.25) is 4.79 Å². The molecule has 21 heavy (non-hydrogen) atoms. The molecule has 4 nitrogen and oxygen atoms in total. The molecule has 0 atom stereocenters. The maximum absolute atomic E-state index is 12.5. The quantitative estimate of drug-likeness (QED) is 0.804. The summed E-state index contributed by atoms with van der Waals surface area (Å²) in [6, 6.07) is 3.38. The van der Waals surface area contributed by atoms with Gasteiger partial charge >= 0.3 is 0 Å². The largest absolute Gasteiger partial charge is 0.301 e. The standard InChI is InChI=1S/C14H14BrCl2N3O/c15-11-7-10-9(8-12(11)16)13(17)18-20(14(10)21)6-5-19-3-1-2-4-19/h7-8H,1-6H2. The normalized spacial score (nSPS) is 16.0. The van der Waals surface area contributed by atoms with Crippen molar-refractivity contribution >= 4 is 49.9 Å². The van der Waals surface area contributed by atoms with E-state index < -0.39 is 0 Å². The molecule has 0 unspecified atom stereocenters. The van der Waals surface area contributed by atoms with Gasteiger partial charge in [0.2, 0.25) is 0 Å². The lowest BCUT2D eigenvalue weighted by Crippen LogP contribution is -2.31. The van der Waals surface area contributed by atoms with E-state index in [0.717, 1.165) is 19.6 Å². The smallest absolute Gasteiger partial charge is 0.274 e. The fourth-order valence-corrected chi connectivity index (χ4v) is 3.39. The SMILES string of the molecule is O=c1c2cc(Br)c(Cl)cc2c(Cl)nn1CCN1CCCC1. The fraction of sp³-hybridized carbons (Fsp3) is 0.429. The summed E-state index contributed by atoms with van der Waals surface area (Å²) >= 11 is 15.6. The number of benzene rings is 1. The van der Waals surface area contributed by atoms with Gasteiger partial charge in [-0.15, -0.1) is 0 Å². The molecule has 0 amide bonds. The van der Waals surface area contributed by atoms with Crippen LogP contribution in [0.15, 0.2) is 21.4 Å². The maximum atomic E-state index is 12.5. The topological polar surface area (TPSA) is 38.1 Å². The van der Waals surface area contributed by atoms with Gasteiger partial charge in [0.15, 0.2) is 5.15 Å². The van der Waals surface area contributed by atoms with Crippen LogP contribution in [0.3, 0.4) is 0 Å². The molecule has 0 aliphatic carbocycles. The van der Waals surface area contributed by atoms with E-state index in [9.17, 15) is 4.79 Å². The van der Waals surface area contributed by atoms with Crippen LogP contribution in [0.4, 0.5) is 0 Å². The van der Waals surface area contributed by atoms with E-state index >= 15 is 0 Å². The van der Waals surface area contributed by atoms with Crippen molar-refractivity contribution in [2.45, 2.75) is 19.4 Å². The number of nitrogens with zero attached hydrogens (tertiary/aromatic N) is 3. The van der Waals surface area contributed by atoms with Gasteiger partial charge in [0.25, 0.3) is 5.56 Å². The van der Waals surface area contributed by atoms with Gasteiger partial charge in [-0.1, -0.05) is 23.2 Å². The Hall–Kier alpha value is -0.620. The molecule has 0 saturated carbocycles. The second-order valence-electron chi connectivity index (χ2n) is 5.18. The van der Waals surface area contributed by atoms with E-state index in [4.69, 9.17) is 23.2 Å². The van der Waals surface area contributed by atoms with Crippen LogP contribution in [0, 0.1) is 0 Å². The fourth-order valence-electron chi connectivity index (χ4n) is 2.63. The van der Waals surface area contributed by atoms with Crippen LogP contribution in [-0.4, -0.2) is 34.3 Å². The maximum Gasteiger partial charge on any atom is 0.274 e. The Morgan fingerprint density at radius 3 is 2.57 bits per heavy atom. The van der Waals surface area contributed by atoms with Gasteiger partial charge in [-0.25, -0.2) is 4.68 Å². The summed E-state index contributed by atoms with van der Waals surface area (Å²) in [4.78, 5) is 14.8. The predicted molar refractivity (Wildman–Crippen MR) is 89.4 cm³/mol. The van der Waals surface area contributed by atoms with Crippen LogP contribution < -0.4 is 5.56 Å². The summed E-state index contributed by atoms with van der Waals surface area (Å²) < 4.78 is 2.13. The van der Waals surface area contributed by atoms with Crippen LogP contribution >= 0.6 is 39.1 Å². The molecule has 0 radical (unpaired) electrons. The van der Waals surface area contributed by atoms with E-state index in [1.807, 2.05) is 0 Å². The van der Waals surface area contributed by atoms with E-state index in [1.54, 1.807) is 12.1 Å². The number of aromatic nitrogens is 2. The predicted octanol–water partition coefficient (Wildman–Crippen LogP) is 3.56. The Morgan fingerprint density at radius 2 is 1.86 bits per heavy atom. The molecule has 0 N–H and O–H groups in total. The summed E-state index contributed by atoms with van der Waals surface area (Å²) in [5, 5.41) is 6.15. The summed E-state index contributed by atoms with van der Waals surface area (Å²) in [6.07, 6.45) is 2.46. The number of rotatable bonds is 3. The second-order valence-corrected chi connectivity index (χ2v) is 6.80. The Balaban J connectivity index is 1.97. The molecule has 1 aromatic heterocycles. The first-order chi connectivity index (χ1) is 10.1. The Kier molecular flexibility index (Phi) is 4.54. The molecule has 1 aliphatic rings. The van der Waals surface area contributed by atoms with E-state index in [2.05, 4.69) is 25.9 Å². The lowest BCUT2D eigenvalue weighted by atomic mass is 10.2. The van der Waals surface area contributed by atoms with Crippen LogP contribution in [-0.2, 0) is 6.54 Å². The summed E-state index contributed by atoms with van der Waals surface area (Å²) in [6.45, 7) is 3.56. The zero-order valence-corrected chi connectivity index (χ0v) is 14.4. The Morgan fingerprint density at radius 1 is 1.14 bits per heavy atom. The molecule has 2 heterocycles. The molecule has 0 bridgehead atoms. The minimum absolute atomic E-state index is 0.133. The summed E-state index contributed by atoms with van der Waals surface area (Å²) in [7, 11) is 0. The molecule has 0 spiro atoms. The Bertz CT molecular complexity index is 741. The first-order valence-electron chi connectivity index (χ1n) is 6.84. The van der Waals surface area contributed by atoms with Crippen LogP contribution in [0.5, 0.6) is 0 Å². The van der Waals surface area contributed by atoms with Gasteiger partial charge in [0, 0.05) is 16.4 Å². The third-order valence-corrected chi connectivity index (χ3v) is 5.26. The molecule has 1 fully saturated rings. The van der Waals surface area contributed by atoms with Gasteiger partial charge < -0.3 is 4.90 Å². The molecular weight excluding hydrogens is 377 g/mol. The minimum Gasteiger partial charge on any atom is -0.301 e. The monoisotopic (exact) mass is 389 g/mol. The molecule has 3 rings (SSSR count). The van der Waals surface area contributed by atoms with Gasteiger partial charge in [-0.05, 0) is 54.0 Å². The lowest BCUT2D eigenvalue weighted by molar-refractivity contribution is 0.313. The van der Waals surface area contributed by atoms with Crippen LogP contribution in [0.2, 0.25) is 10.2 Å². The Labute approximate surface area is 140 Å². The van der Waals surface area contributed by atoms with E-state index in [-0.39, 0.29) is 5.56 Å². The van der Waals surface area contributed by atoms with Crippen molar-refractivity contribution in [2.75, 3.05) is 19.6 Å². The van der Waals surface area contributed by atoms with Crippen molar-refractivity contribution in [3.8, 4) is 0 Å². The molecule has 1 saturated heterocycles. The van der Waals surface area contributed by atoms with Gasteiger partial charge in [0.1, 0.15) is 0 Å².